The number of anilines is 3. The first-order valence-electron chi connectivity index (χ1n) is 8.01. The number of hydrogen-bond acceptors (Lipinski definition) is 6. The molecule has 0 radical (unpaired) electrons. The van der Waals surface area contributed by atoms with Crippen LogP contribution in [0, 0.1) is 0 Å². The Morgan fingerprint density at radius 1 is 1.07 bits per heavy atom. The Balaban J connectivity index is 2.25. The summed E-state index contributed by atoms with van der Waals surface area (Å²) in [6.07, 6.45) is -9.65. The van der Waals surface area contributed by atoms with Gasteiger partial charge < -0.3 is 20.3 Å². The standard InChI is InChI=1S/C16H16ClF6N5O/c1-28(2)6-5-24-14-26-12(15(18,19)20)8-13(27-14)25-9-3-4-11(10(17)7-9)29-16(21,22)23/h3-4,7-8H,5-6H2,1-2H3,(H2,24,25,26,27). The van der Waals surface area contributed by atoms with Crippen molar-refractivity contribution in [3.63, 3.8) is 0 Å². The third-order valence-electron chi connectivity index (χ3n) is 3.29. The van der Waals surface area contributed by atoms with Crippen LogP contribution in [0.4, 0.5) is 43.8 Å². The van der Waals surface area contributed by atoms with Crippen molar-refractivity contribution in [3.05, 3.63) is 35.0 Å². The van der Waals surface area contributed by atoms with Crippen LogP contribution < -0.4 is 15.4 Å². The summed E-state index contributed by atoms with van der Waals surface area (Å²) >= 11 is 5.74. The quantitative estimate of drug-likeness (QED) is 0.601. The van der Waals surface area contributed by atoms with Crippen LogP contribution in [-0.4, -0.2) is 48.4 Å². The van der Waals surface area contributed by atoms with E-state index in [4.69, 9.17) is 11.6 Å². The van der Waals surface area contributed by atoms with Crippen molar-refractivity contribution in [1.29, 1.82) is 0 Å². The number of aromatic nitrogens is 2. The Bertz CT molecular complexity index is 844. The number of benzene rings is 1. The molecule has 1 heterocycles. The molecule has 0 fully saturated rings. The number of hydrogen-bond donors (Lipinski definition) is 2. The van der Waals surface area contributed by atoms with Crippen molar-refractivity contribution in [2.24, 2.45) is 0 Å². The van der Waals surface area contributed by atoms with Crippen LogP contribution in [0.2, 0.25) is 5.02 Å². The SMILES string of the molecule is CN(C)CCNc1nc(Nc2ccc(OC(F)(F)F)c(Cl)c2)cc(C(F)(F)F)n1. The number of ether oxygens (including phenoxy) is 1. The molecule has 0 spiro atoms. The molecule has 2 N–H and O–H groups in total. The molecule has 13 heteroatoms. The van der Waals surface area contributed by atoms with Crippen molar-refractivity contribution in [3.8, 4) is 5.75 Å². The van der Waals surface area contributed by atoms with E-state index in [0.717, 1.165) is 18.2 Å². The Kier molecular flexibility index (Phi) is 7.01. The predicted octanol–water partition coefficient (Wildman–Crippen LogP) is 4.76. The molecule has 0 aliphatic carbocycles. The Morgan fingerprint density at radius 2 is 1.76 bits per heavy atom. The van der Waals surface area contributed by atoms with Gasteiger partial charge in [0.1, 0.15) is 11.6 Å². The molecule has 2 aromatic rings. The van der Waals surface area contributed by atoms with Gasteiger partial charge >= 0.3 is 12.5 Å². The molecule has 0 bridgehead atoms. The van der Waals surface area contributed by atoms with Crippen LogP contribution in [0.3, 0.4) is 0 Å². The molecular formula is C16H16ClF6N5O. The highest BCUT2D eigenvalue weighted by atomic mass is 35.5. The lowest BCUT2D eigenvalue weighted by Gasteiger charge is -2.15. The number of nitrogens with one attached hydrogen (secondary N) is 2. The molecule has 1 aromatic carbocycles. The van der Waals surface area contributed by atoms with Crippen LogP contribution in [0.5, 0.6) is 5.75 Å². The molecule has 160 valence electrons. The number of halogens is 7. The molecule has 0 saturated heterocycles. The van der Waals surface area contributed by atoms with Crippen LogP contribution in [0.1, 0.15) is 5.69 Å². The lowest BCUT2D eigenvalue weighted by Crippen LogP contribution is -2.22. The fourth-order valence-electron chi connectivity index (χ4n) is 2.06. The Hall–Kier alpha value is -2.47. The number of rotatable bonds is 7. The zero-order chi connectivity index (χ0) is 21.8. The fraction of sp³-hybridized carbons (Fsp3) is 0.375. The van der Waals surface area contributed by atoms with Gasteiger partial charge in [-0.15, -0.1) is 13.2 Å². The summed E-state index contributed by atoms with van der Waals surface area (Å²) in [6, 6.07) is 3.82. The summed E-state index contributed by atoms with van der Waals surface area (Å²) < 4.78 is 79.9. The van der Waals surface area contributed by atoms with E-state index in [2.05, 4.69) is 25.3 Å². The summed E-state index contributed by atoms with van der Waals surface area (Å²) in [5.74, 6) is -1.12. The van der Waals surface area contributed by atoms with E-state index >= 15 is 0 Å². The van der Waals surface area contributed by atoms with Gasteiger partial charge in [-0.3, -0.25) is 0 Å². The van der Waals surface area contributed by atoms with Crippen LogP contribution >= 0.6 is 11.6 Å². The molecule has 0 aliphatic heterocycles. The second-order valence-electron chi connectivity index (χ2n) is 6.01. The molecule has 29 heavy (non-hydrogen) atoms. The maximum absolute atomic E-state index is 13.1. The Labute approximate surface area is 166 Å². The van der Waals surface area contributed by atoms with Crippen molar-refractivity contribution in [1.82, 2.24) is 14.9 Å². The van der Waals surface area contributed by atoms with Gasteiger partial charge in [0.15, 0.2) is 5.69 Å². The molecule has 0 amide bonds. The van der Waals surface area contributed by atoms with E-state index in [-0.39, 0.29) is 22.5 Å². The van der Waals surface area contributed by atoms with E-state index in [1.807, 2.05) is 4.90 Å². The molecule has 0 unspecified atom stereocenters. The predicted molar refractivity (Wildman–Crippen MR) is 95.5 cm³/mol. The summed E-state index contributed by atoms with van der Waals surface area (Å²) in [6.45, 7) is 0.821. The Morgan fingerprint density at radius 3 is 2.31 bits per heavy atom. The minimum Gasteiger partial charge on any atom is -0.404 e. The summed E-state index contributed by atoms with van der Waals surface area (Å²) in [7, 11) is 3.58. The van der Waals surface area contributed by atoms with Gasteiger partial charge in [0.05, 0.1) is 5.02 Å². The van der Waals surface area contributed by atoms with Gasteiger partial charge in [0, 0.05) is 24.8 Å². The summed E-state index contributed by atoms with van der Waals surface area (Å²) in [5.41, 5.74) is -1.08. The van der Waals surface area contributed by atoms with Gasteiger partial charge in [-0.2, -0.15) is 18.2 Å². The largest absolute Gasteiger partial charge is 0.573 e. The van der Waals surface area contributed by atoms with Crippen LogP contribution in [-0.2, 0) is 6.18 Å². The highest BCUT2D eigenvalue weighted by Crippen LogP contribution is 2.34. The summed E-state index contributed by atoms with van der Waals surface area (Å²) in [5, 5.41) is 4.86. The van der Waals surface area contributed by atoms with Crippen molar-refractivity contribution in [2.45, 2.75) is 12.5 Å². The molecule has 0 aliphatic rings. The van der Waals surface area contributed by atoms with Crippen LogP contribution in [0.25, 0.3) is 0 Å². The normalized spacial score (nSPS) is 12.2. The molecular weight excluding hydrogens is 428 g/mol. The first-order valence-corrected chi connectivity index (χ1v) is 8.38. The number of nitrogens with zero attached hydrogens (tertiary/aromatic N) is 3. The van der Waals surface area contributed by atoms with E-state index in [9.17, 15) is 26.3 Å². The number of likely N-dealkylation sites (N-methyl/N-ethyl adjacent to an activating group) is 1. The second-order valence-corrected chi connectivity index (χ2v) is 6.42. The molecule has 2 rings (SSSR count). The minimum atomic E-state index is -4.93. The first-order chi connectivity index (χ1) is 13.3. The van der Waals surface area contributed by atoms with Gasteiger partial charge in [0.25, 0.3) is 0 Å². The van der Waals surface area contributed by atoms with Crippen molar-refractivity contribution < 1.29 is 31.1 Å². The molecule has 6 nitrogen and oxygen atoms in total. The minimum absolute atomic E-state index is 0.107. The maximum Gasteiger partial charge on any atom is 0.573 e. The zero-order valence-corrected chi connectivity index (χ0v) is 15.9. The second kappa shape index (κ2) is 8.91. The maximum atomic E-state index is 13.1. The van der Waals surface area contributed by atoms with E-state index in [1.165, 1.54) is 0 Å². The monoisotopic (exact) mass is 443 g/mol. The first kappa shape index (κ1) is 22.8. The molecule has 0 saturated carbocycles. The highest BCUT2D eigenvalue weighted by Gasteiger charge is 2.34. The van der Waals surface area contributed by atoms with Crippen molar-refractivity contribution in [2.75, 3.05) is 37.8 Å². The molecule has 1 aromatic heterocycles. The molecule has 0 atom stereocenters. The van der Waals surface area contributed by atoms with Gasteiger partial charge in [-0.25, -0.2) is 4.98 Å². The summed E-state index contributed by atoms with van der Waals surface area (Å²) in [4.78, 5) is 9.19. The smallest absolute Gasteiger partial charge is 0.404 e. The average Bonchev–Trinajstić information content (AvgIpc) is 2.55. The number of alkyl halides is 6. The lowest BCUT2D eigenvalue weighted by atomic mass is 10.3. The van der Waals surface area contributed by atoms with E-state index < -0.39 is 24.0 Å². The van der Waals surface area contributed by atoms with Crippen molar-refractivity contribution >= 4 is 29.1 Å². The third kappa shape index (κ3) is 7.46. The zero-order valence-electron chi connectivity index (χ0n) is 15.1. The topological polar surface area (TPSA) is 62.3 Å². The average molecular weight is 444 g/mol. The third-order valence-corrected chi connectivity index (χ3v) is 3.58. The van der Waals surface area contributed by atoms with Crippen LogP contribution in [0.15, 0.2) is 24.3 Å². The highest BCUT2D eigenvalue weighted by molar-refractivity contribution is 6.32. The lowest BCUT2D eigenvalue weighted by molar-refractivity contribution is -0.274. The fourth-order valence-corrected chi connectivity index (χ4v) is 2.28. The van der Waals surface area contributed by atoms with E-state index in [0.29, 0.717) is 19.2 Å². The van der Waals surface area contributed by atoms with Gasteiger partial charge in [0.2, 0.25) is 5.95 Å². The van der Waals surface area contributed by atoms with E-state index in [1.54, 1.807) is 14.1 Å². The van der Waals surface area contributed by atoms with Gasteiger partial charge in [-0.05, 0) is 32.3 Å². The van der Waals surface area contributed by atoms with Gasteiger partial charge in [-0.1, -0.05) is 11.6 Å².